The molecule has 10 heteroatoms. The third kappa shape index (κ3) is 3.55. The van der Waals surface area contributed by atoms with Crippen LogP contribution in [0.15, 0.2) is 59.6 Å². The van der Waals surface area contributed by atoms with Crippen LogP contribution in [0, 0.1) is 5.41 Å². The molecular formula is C25H24F3N7. The number of fused-ring (bicyclic) bond motifs is 5. The number of hydrogen-bond donors (Lipinski definition) is 2. The van der Waals surface area contributed by atoms with Gasteiger partial charge in [0, 0.05) is 12.7 Å². The Labute approximate surface area is 200 Å². The van der Waals surface area contributed by atoms with Crippen molar-refractivity contribution in [2.24, 2.45) is 4.99 Å². The third-order valence-electron chi connectivity index (χ3n) is 6.96. The van der Waals surface area contributed by atoms with Crippen LogP contribution in [0.2, 0.25) is 0 Å². The molecule has 0 amide bonds. The van der Waals surface area contributed by atoms with Crippen molar-refractivity contribution in [1.82, 2.24) is 14.7 Å². The topological polar surface area (TPSA) is 72.5 Å². The van der Waals surface area contributed by atoms with Gasteiger partial charge in [0.25, 0.3) is 0 Å². The lowest BCUT2D eigenvalue weighted by molar-refractivity contribution is -0.137. The number of aliphatic imine (C=N–C) groups is 1. The maximum absolute atomic E-state index is 13.0. The second-order valence-electron chi connectivity index (χ2n) is 9.16. The van der Waals surface area contributed by atoms with Crippen LogP contribution in [-0.4, -0.2) is 45.6 Å². The summed E-state index contributed by atoms with van der Waals surface area (Å²) in [4.78, 5) is 8.83. The molecule has 0 spiro atoms. The van der Waals surface area contributed by atoms with Crippen LogP contribution in [0.4, 0.5) is 30.5 Å². The summed E-state index contributed by atoms with van der Waals surface area (Å²) in [5, 5.41) is 17.3. The summed E-state index contributed by atoms with van der Waals surface area (Å²) in [6.07, 6.45) is -1.26. The normalized spacial score (nSPS) is 21.0. The Hall–Kier alpha value is -3.82. The first-order valence-corrected chi connectivity index (χ1v) is 11.6. The van der Waals surface area contributed by atoms with E-state index < -0.39 is 11.7 Å². The van der Waals surface area contributed by atoms with E-state index in [9.17, 15) is 13.2 Å². The lowest BCUT2D eigenvalue weighted by atomic mass is 10.1. The zero-order valence-electron chi connectivity index (χ0n) is 19.0. The van der Waals surface area contributed by atoms with Crippen LogP contribution in [0.3, 0.4) is 0 Å². The molecule has 35 heavy (non-hydrogen) atoms. The predicted octanol–water partition coefficient (Wildman–Crippen LogP) is 5.06. The standard InChI is InChI=1S/C25H24F3N7/c1-33-21(29)20-22(30-17-6-3-2-4-7-17)34(14-15-10-12-16(13-11-15)25(26,27)28)32-23(20)35-19-9-5-8-18(19)31-24(33)35/h2-4,6-7,10-13,18-19,29-30H,5,8-9,14H2,1H3/t18-,19+/m1/s1. The molecule has 0 saturated heterocycles. The average molecular weight is 480 g/mol. The van der Waals surface area contributed by atoms with Gasteiger partial charge in [-0.2, -0.15) is 18.3 Å². The Bertz CT molecular complexity index is 1310. The minimum absolute atomic E-state index is 0.191. The number of alkyl halides is 3. The average Bonchev–Trinajstić information content (AvgIpc) is 3.52. The summed E-state index contributed by atoms with van der Waals surface area (Å²) >= 11 is 0. The van der Waals surface area contributed by atoms with E-state index in [0.717, 1.165) is 43.0 Å². The molecule has 0 bridgehead atoms. The summed E-state index contributed by atoms with van der Waals surface area (Å²) in [7, 11) is 1.84. The molecule has 1 fully saturated rings. The summed E-state index contributed by atoms with van der Waals surface area (Å²) < 4.78 is 40.9. The summed E-state index contributed by atoms with van der Waals surface area (Å²) in [6.45, 7) is 0.256. The molecule has 1 aliphatic carbocycles. The fourth-order valence-electron chi connectivity index (χ4n) is 5.21. The molecule has 1 aromatic heterocycles. The van der Waals surface area contributed by atoms with E-state index in [-0.39, 0.29) is 24.5 Å². The van der Waals surface area contributed by atoms with E-state index in [1.165, 1.54) is 12.1 Å². The number of amidine groups is 1. The lowest BCUT2D eigenvalue weighted by Crippen LogP contribution is -2.51. The number of halogens is 3. The number of guanidine groups is 1. The van der Waals surface area contributed by atoms with Crippen molar-refractivity contribution in [1.29, 1.82) is 5.41 Å². The maximum atomic E-state index is 13.0. The molecule has 3 aliphatic rings. The van der Waals surface area contributed by atoms with Gasteiger partial charge in [0.2, 0.25) is 5.96 Å². The van der Waals surface area contributed by atoms with Crippen LogP contribution >= 0.6 is 0 Å². The van der Waals surface area contributed by atoms with Crippen molar-refractivity contribution in [2.75, 3.05) is 17.3 Å². The molecule has 0 unspecified atom stereocenters. The molecule has 2 aliphatic heterocycles. The fraction of sp³-hybridized carbons (Fsp3) is 0.320. The minimum atomic E-state index is -4.38. The Morgan fingerprint density at radius 2 is 1.80 bits per heavy atom. The van der Waals surface area contributed by atoms with Crippen LogP contribution < -0.4 is 10.2 Å². The van der Waals surface area contributed by atoms with Crippen molar-refractivity contribution >= 4 is 29.1 Å². The first-order valence-electron chi connectivity index (χ1n) is 11.6. The Morgan fingerprint density at radius 1 is 1.06 bits per heavy atom. The molecule has 2 atom stereocenters. The van der Waals surface area contributed by atoms with E-state index in [1.807, 2.05) is 37.4 Å². The molecule has 3 heterocycles. The Balaban J connectivity index is 1.45. The van der Waals surface area contributed by atoms with Gasteiger partial charge < -0.3 is 5.32 Å². The number of nitrogens with one attached hydrogen (secondary N) is 2. The minimum Gasteiger partial charge on any atom is -0.340 e. The quantitative estimate of drug-likeness (QED) is 0.549. The number of anilines is 3. The monoisotopic (exact) mass is 479 g/mol. The first kappa shape index (κ1) is 21.7. The van der Waals surface area contributed by atoms with Gasteiger partial charge in [-0.25, -0.2) is 9.67 Å². The zero-order valence-corrected chi connectivity index (χ0v) is 19.0. The van der Waals surface area contributed by atoms with Gasteiger partial charge in [0.15, 0.2) is 5.82 Å². The first-order chi connectivity index (χ1) is 16.8. The number of benzene rings is 2. The van der Waals surface area contributed by atoms with Crippen molar-refractivity contribution in [3.63, 3.8) is 0 Å². The van der Waals surface area contributed by atoms with Crippen LogP contribution in [-0.2, 0) is 12.7 Å². The van der Waals surface area contributed by atoms with Gasteiger partial charge in [0.1, 0.15) is 17.2 Å². The van der Waals surface area contributed by atoms with Crippen LogP contribution in [0.25, 0.3) is 0 Å². The van der Waals surface area contributed by atoms with E-state index in [2.05, 4.69) is 10.2 Å². The van der Waals surface area contributed by atoms with E-state index >= 15 is 0 Å². The molecule has 180 valence electrons. The van der Waals surface area contributed by atoms with Gasteiger partial charge in [-0.15, -0.1) is 0 Å². The second-order valence-corrected chi connectivity index (χ2v) is 9.16. The van der Waals surface area contributed by atoms with Gasteiger partial charge in [0.05, 0.1) is 24.2 Å². The molecule has 7 nitrogen and oxygen atoms in total. The van der Waals surface area contributed by atoms with Gasteiger partial charge >= 0.3 is 6.18 Å². The summed E-state index contributed by atoms with van der Waals surface area (Å²) in [6, 6.07) is 15.1. The third-order valence-corrected chi connectivity index (χ3v) is 6.96. The van der Waals surface area contributed by atoms with E-state index in [0.29, 0.717) is 22.8 Å². The number of aromatic nitrogens is 2. The van der Waals surface area contributed by atoms with Crippen LogP contribution in [0.1, 0.15) is 36.0 Å². The molecule has 1 saturated carbocycles. The molecule has 0 radical (unpaired) electrons. The Morgan fingerprint density at radius 3 is 2.51 bits per heavy atom. The van der Waals surface area contributed by atoms with Gasteiger partial charge in [-0.1, -0.05) is 30.3 Å². The van der Waals surface area contributed by atoms with E-state index in [1.54, 1.807) is 9.58 Å². The van der Waals surface area contributed by atoms with Crippen molar-refractivity contribution in [2.45, 2.75) is 44.1 Å². The lowest BCUT2D eigenvalue weighted by Gasteiger charge is -2.35. The largest absolute Gasteiger partial charge is 0.416 e. The number of para-hydroxylation sites is 1. The molecule has 2 N–H and O–H groups in total. The Kier molecular flexibility index (Phi) is 4.87. The fourth-order valence-corrected chi connectivity index (χ4v) is 5.21. The maximum Gasteiger partial charge on any atom is 0.416 e. The molecule has 3 aromatic rings. The van der Waals surface area contributed by atoms with Crippen molar-refractivity contribution < 1.29 is 13.2 Å². The highest BCUT2D eigenvalue weighted by molar-refractivity contribution is 6.22. The number of hydrogen-bond acceptors (Lipinski definition) is 5. The molecule has 2 aromatic carbocycles. The molecule has 6 rings (SSSR count). The highest BCUT2D eigenvalue weighted by Gasteiger charge is 2.48. The van der Waals surface area contributed by atoms with Crippen molar-refractivity contribution in [3.05, 3.63) is 71.3 Å². The molecular weight excluding hydrogens is 455 g/mol. The predicted molar refractivity (Wildman–Crippen MR) is 128 cm³/mol. The number of nitrogens with zero attached hydrogens (tertiary/aromatic N) is 5. The van der Waals surface area contributed by atoms with Crippen molar-refractivity contribution in [3.8, 4) is 0 Å². The highest BCUT2D eigenvalue weighted by Crippen LogP contribution is 2.43. The zero-order chi connectivity index (χ0) is 24.3. The smallest absolute Gasteiger partial charge is 0.340 e. The highest BCUT2D eigenvalue weighted by atomic mass is 19.4. The van der Waals surface area contributed by atoms with Gasteiger partial charge in [-0.05, 0) is 49.1 Å². The van der Waals surface area contributed by atoms with E-state index in [4.69, 9.17) is 15.5 Å². The SMILES string of the molecule is CN1C(=N)c2c(nn(Cc3ccc(C(F)(F)F)cc3)c2Nc2ccccc2)N2C1=N[C@@H]1CCC[C@@H]12. The van der Waals surface area contributed by atoms with Gasteiger partial charge in [-0.3, -0.25) is 15.2 Å². The van der Waals surface area contributed by atoms with Crippen LogP contribution in [0.5, 0.6) is 0 Å². The summed E-state index contributed by atoms with van der Waals surface area (Å²) in [5.41, 5.74) is 1.49. The number of rotatable bonds is 4. The summed E-state index contributed by atoms with van der Waals surface area (Å²) in [5.74, 6) is 2.32. The second kappa shape index (κ2) is 7.86.